The maximum atomic E-state index is 9.18. The molecule has 1 fully saturated rings. The fraction of sp³-hybridized carbons (Fsp3) is 1.00. The van der Waals surface area contributed by atoms with E-state index in [1.165, 1.54) is 12.8 Å². The van der Waals surface area contributed by atoms with Crippen LogP contribution in [-0.2, 0) is 0 Å². The van der Waals surface area contributed by atoms with Crippen molar-refractivity contribution in [2.75, 3.05) is 0 Å². The van der Waals surface area contributed by atoms with Gasteiger partial charge in [0.1, 0.15) is 0 Å². The number of rotatable bonds is 3. The second-order valence-electron chi connectivity index (χ2n) is 4.07. The van der Waals surface area contributed by atoms with E-state index in [4.69, 9.17) is 0 Å². The van der Waals surface area contributed by atoms with Gasteiger partial charge in [0.15, 0.2) is 0 Å². The van der Waals surface area contributed by atoms with Crippen LogP contribution in [0.15, 0.2) is 0 Å². The largest absolute Gasteiger partial charge is 0.393 e. The summed E-state index contributed by atoms with van der Waals surface area (Å²) < 4.78 is 0. The zero-order valence-electron chi connectivity index (χ0n) is 7.22. The van der Waals surface area contributed by atoms with Crippen LogP contribution in [0.25, 0.3) is 0 Å². The van der Waals surface area contributed by atoms with Gasteiger partial charge in [0.2, 0.25) is 0 Å². The van der Waals surface area contributed by atoms with Gasteiger partial charge in [-0.1, -0.05) is 13.8 Å². The van der Waals surface area contributed by atoms with Crippen LogP contribution in [0.5, 0.6) is 0 Å². The summed E-state index contributed by atoms with van der Waals surface area (Å²) >= 11 is 0. The minimum absolute atomic E-state index is 0.107. The van der Waals surface area contributed by atoms with Crippen molar-refractivity contribution >= 4 is 0 Å². The molecule has 0 unspecified atom stereocenters. The van der Waals surface area contributed by atoms with E-state index >= 15 is 0 Å². The lowest BCUT2D eigenvalue weighted by atomic mass is 9.87. The van der Waals surface area contributed by atoms with Crippen molar-refractivity contribution in [2.45, 2.75) is 46.1 Å². The molecule has 0 spiro atoms. The van der Waals surface area contributed by atoms with Gasteiger partial charge in [-0.15, -0.1) is 0 Å². The van der Waals surface area contributed by atoms with Crippen molar-refractivity contribution in [3.63, 3.8) is 0 Å². The molecule has 1 saturated carbocycles. The van der Waals surface area contributed by atoms with Crippen LogP contribution in [0, 0.1) is 11.3 Å². The highest BCUT2D eigenvalue weighted by molar-refractivity contribution is 4.96. The Morgan fingerprint density at radius 1 is 1.30 bits per heavy atom. The Hall–Kier alpha value is -0.0400. The van der Waals surface area contributed by atoms with Crippen LogP contribution in [0.3, 0.4) is 0 Å². The van der Waals surface area contributed by atoms with E-state index in [0.29, 0.717) is 5.41 Å². The van der Waals surface area contributed by atoms with Gasteiger partial charge in [-0.25, -0.2) is 0 Å². The second-order valence-corrected chi connectivity index (χ2v) is 4.07. The molecule has 1 aliphatic rings. The van der Waals surface area contributed by atoms with Crippen LogP contribution in [0.1, 0.15) is 40.0 Å². The average molecular weight is 142 g/mol. The Bertz CT molecular complexity index is 112. The molecule has 0 amide bonds. The molecular weight excluding hydrogens is 124 g/mol. The van der Waals surface area contributed by atoms with Crippen LogP contribution in [-0.4, -0.2) is 11.2 Å². The number of aliphatic hydroxyl groups is 1. The predicted molar refractivity (Wildman–Crippen MR) is 42.8 cm³/mol. The van der Waals surface area contributed by atoms with Crippen molar-refractivity contribution in [3.8, 4) is 0 Å². The predicted octanol–water partition coefficient (Wildman–Crippen LogP) is 2.19. The third-order valence-electron chi connectivity index (χ3n) is 2.82. The molecule has 0 aromatic rings. The number of hydrogen-bond acceptors (Lipinski definition) is 1. The minimum atomic E-state index is -0.107. The monoisotopic (exact) mass is 142 g/mol. The zero-order chi connectivity index (χ0) is 7.78. The summed E-state index contributed by atoms with van der Waals surface area (Å²) in [6.07, 6.45) is 3.56. The van der Waals surface area contributed by atoms with E-state index < -0.39 is 0 Å². The fourth-order valence-electron chi connectivity index (χ4n) is 1.77. The third-order valence-corrected chi connectivity index (χ3v) is 2.82. The van der Waals surface area contributed by atoms with Gasteiger partial charge in [0.05, 0.1) is 6.10 Å². The third kappa shape index (κ3) is 1.51. The smallest absolute Gasteiger partial charge is 0.0517 e. The summed E-state index contributed by atoms with van der Waals surface area (Å²) in [4.78, 5) is 0. The first-order valence-electron chi connectivity index (χ1n) is 4.25. The molecule has 0 aliphatic heterocycles. The van der Waals surface area contributed by atoms with Crippen molar-refractivity contribution in [3.05, 3.63) is 0 Å². The quantitative estimate of drug-likeness (QED) is 0.640. The summed E-state index contributed by atoms with van der Waals surface area (Å²) in [7, 11) is 0. The first-order valence-corrected chi connectivity index (χ1v) is 4.25. The molecule has 0 saturated heterocycles. The molecule has 1 nitrogen and oxygen atoms in total. The lowest BCUT2D eigenvalue weighted by Crippen LogP contribution is -2.16. The van der Waals surface area contributed by atoms with E-state index in [1.807, 2.05) is 6.92 Å². The van der Waals surface area contributed by atoms with Crippen molar-refractivity contribution < 1.29 is 5.11 Å². The summed E-state index contributed by atoms with van der Waals surface area (Å²) in [6, 6.07) is 0. The lowest BCUT2D eigenvalue weighted by Gasteiger charge is -2.20. The highest BCUT2D eigenvalue weighted by atomic mass is 16.3. The van der Waals surface area contributed by atoms with Crippen LogP contribution < -0.4 is 0 Å². The molecule has 0 aromatic carbocycles. The zero-order valence-corrected chi connectivity index (χ0v) is 7.22. The van der Waals surface area contributed by atoms with Crippen LogP contribution in [0.2, 0.25) is 0 Å². The summed E-state index contributed by atoms with van der Waals surface area (Å²) in [5.41, 5.74) is 0.522. The van der Waals surface area contributed by atoms with Crippen molar-refractivity contribution in [2.24, 2.45) is 11.3 Å². The Morgan fingerprint density at radius 3 is 1.90 bits per heavy atom. The normalized spacial score (nSPS) is 24.9. The molecule has 1 N–H and O–H groups in total. The molecule has 0 radical (unpaired) electrons. The summed E-state index contributed by atoms with van der Waals surface area (Å²) in [6.45, 7) is 6.41. The Labute approximate surface area is 63.4 Å². The van der Waals surface area contributed by atoms with Gasteiger partial charge in [0.25, 0.3) is 0 Å². The SMILES string of the molecule is CC(C)C1(C[C@H](C)O)CC1. The highest BCUT2D eigenvalue weighted by Crippen LogP contribution is 2.55. The van der Waals surface area contributed by atoms with E-state index in [1.54, 1.807) is 0 Å². The number of aliphatic hydroxyl groups excluding tert-OH is 1. The second kappa shape index (κ2) is 2.54. The first-order chi connectivity index (χ1) is 4.57. The highest BCUT2D eigenvalue weighted by Gasteiger charge is 2.45. The van der Waals surface area contributed by atoms with Crippen LogP contribution >= 0.6 is 0 Å². The van der Waals surface area contributed by atoms with Crippen molar-refractivity contribution in [1.82, 2.24) is 0 Å². The molecule has 1 aliphatic carbocycles. The topological polar surface area (TPSA) is 20.2 Å². The van der Waals surface area contributed by atoms with Crippen LogP contribution in [0.4, 0.5) is 0 Å². The molecule has 60 valence electrons. The summed E-state index contributed by atoms with van der Waals surface area (Å²) in [5, 5.41) is 9.18. The van der Waals surface area contributed by atoms with Gasteiger partial charge in [-0.3, -0.25) is 0 Å². The molecule has 0 aromatic heterocycles. The van der Waals surface area contributed by atoms with Gasteiger partial charge in [-0.2, -0.15) is 0 Å². The molecule has 1 rings (SSSR count). The molecule has 0 heterocycles. The van der Waals surface area contributed by atoms with E-state index in [2.05, 4.69) is 13.8 Å². The molecule has 10 heavy (non-hydrogen) atoms. The lowest BCUT2D eigenvalue weighted by molar-refractivity contribution is 0.136. The van der Waals surface area contributed by atoms with Gasteiger partial charge in [0, 0.05) is 0 Å². The molecular formula is C9H18O. The maximum Gasteiger partial charge on any atom is 0.0517 e. The molecule has 0 bridgehead atoms. The minimum Gasteiger partial charge on any atom is -0.393 e. The molecule has 1 atom stereocenters. The molecule has 1 heteroatoms. The van der Waals surface area contributed by atoms with E-state index in [-0.39, 0.29) is 6.10 Å². The average Bonchev–Trinajstić information content (AvgIpc) is 2.46. The fourth-order valence-corrected chi connectivity index (χ4v) is 1.77. The van der Waals surface area contributed by atoms with Gasteiger partial charge >= 0.3 is 0 Å². The van der Waals surface area contributed by atoms with E-state index in [9.17, 15) is 5.11 Å². The maximum absolute atomic E-state index is 9.18. The van der Waals surface area contributed by atoms with Gasteiger partial charge in [-0.05, 0) is 37.5 Å². The van der Waals surface area contributed by atoms with Crippen molar-refractivity contribution in [1.29, 1.82) is 0 Å². The number of hydrogen-bond donors (Lipinski definition) is 1. The Kier molecular flexibility index (Phi) is 2.04. The Balaban J connectivity index is 2.38. The van der Waals surface area contributed by atoms with E-state index in [0.717, 1.165) is 12.3 Å². The van der Waals surface area contributed by atoms with Gasteiger partial charge < -0.3 is 5.11 Å². The Morgan fingerprint density at radius 2 is 1.80 bits per heavy atom. The standard InChI is InChI=1S/C9H18O/c1-7(2)9(4-5-9)6-8(3)10/h7-8,10H,4-6H2,1-3H3/t8-/m0/s1. The summed E-state index contributed by atoms with van der Waals surface area (Å²) in [5.74, 6) is 0.752. The first kappa shape index (κ1) is 8.06.